The van der Waals surface area contributed by atoms with Crippen molar-refractivity contribution in [1.29, 1.82) is 0 Å². The number of aromatic nitrogens is 1. The average molecular weight is 359 g/mol. The van der Waals surface area contributed by atoms with Crippen LogP contribution >= 0.6 is 0 Å². The molecule has 1 aromatic heterocycles. The van der Waals surface area contributed by atoms with Crippen molar-refractivity contribution in [2.24, 2.45) is 0 Å². The maximum absolute atomic E-state index is 12.7. The molecule has 0 aliphatic heterocycles. The van der Waals surface area contributed by atoms with Crippen LogP contribution in [0.2, 0.25) is 0 Å². The van der Waals surface area contributed by atoms with Gasteiger partial charge in [-0.25, -0.2) is 12.7 Å². The predicted molar refractivity (Wildman–Crippen MR) is 96.7 cm³/mol. The first-order valence-electron chi connectivity index (χ1n) is 7.80. The van der Waals surface area contributed by atoms with Crippen LogP contribution in [0.3, 0.4) is 0 Å². The van der Waals surface area contributed by atoms with Gasteiger partial charge in [0.15, 0.2) is 0 Å². The van der Waals surface area contributed by atoms with Crippen LogP contribution in [0.1, 0.15) is 16.1 Å². The summed E-state index contributed by atoms with van der Waals surface area (Å²) in [5.74, 6) is -0.340. The Balaban J connectivity index is 2.12. The molecule has 0 saturated carbocycles. The van der Waals surface area contributed by atoms with Crippen LogP contribution in [0.5, 0.6) is 0 Å². The second-order valence-corrected chi connectivity index (χ2v) is 7.47. The lowest BCUT2D eigenvalue weighted by atomic mass is 10.2. The number of benzene rings is 1. The Morgan fingerprint density at radius 3 is 2.76 bits per heavy atom. The summed E-state index contributed by atoms with van der Waals surface area (Å²) in [5, 5.41) is 2.63. The molecule has 0 radical (unpaired) electrons. The normalized spacial score (nSPS) is 11.3. The van der Waals surface area contributed by atoms with Gasteiger partial charge in [0.2, 0.25) is 10.0 Å². The van der Waals surface area contributed by atoms with Crippen LogP contribution in [0, 0.1) is 0 Å². The van der Waals surface area contributed by atoms with E-state index in [2.05, 4.69) is 16.9 Å². The Bertz CT molecular complexity index is 836. The van der Waals surface area contributed by atoms with E-state index in [0.29, 0.717) is 25.1 Å². The zero-order valence-electron chi connectivity index (χ0n) is 14.1. The fraction of sp³-hybridized carbons (Fsp3) is 0.222. The highest BCUT2D eigenvalue weighted by Crippen LogP contribution is 2.16. The molecule has 0 aliphatic carbocycles. The van der Waals surface area contributed by atoms with Crippen molar-refractivity contribution < 1.29 is 13.2 Å². The second-order valence-electron chi connectivity index (χ2n) is 5.42. The minimum absolute atomic E-state index is 0.0854. The van der Waals surface area contributed by atoms with Gasteiger partial charge in [0.25, 0.3) is 5.91 Å². The first-order valence-corrected chi connectivity index (χ1v) is 9.24. The Morgan fingerprint density at radius 2 is 2.08 bits per heavy atom. The van der Waals surface area contributed by atoms with Gasteiger partial charge in [0, 0.05) is 44.0 Å². The number of carbonyl (C=O) groups excluding carboxylic acids is 1. The largest absolute Gasteiger partial charge is 0.349 e. The molecule has 7 heteroatoms. The van der Waals surface area contributed by atoms with Gasteiger partial charge in [-0.2, -0.15) is 0 Å². The van der Waals surface area contributed by atoms with Gasteiger partial charge in [-0.1, -0.05) is 18.2 Å². The summed E-state index contributed by atoms with van der Waals surface area (Å²) in [5.41, 5.74) is 1.11. The summed E-state index contributed by atoms with van der Waals surface area (Å²) < 4.78 is 26.7. The lowest BCUT2D eigenvalue weighted by Gasteiger charge is -2.17. The van der Waals surface area contributed by atoms with E-state index in [-0.39, 0.29) is 10.8 Å². The molecule has 1 N–H and O–H groups in total. The third-order valence-electron chi connectivity index (χ3n) is 3.62. The molecule has 1 amide bonds. The summed E-state index contributed by atoms with van der Waals surface area (Å²) in [7, 11) is -2.16. The van der Waals surface area contributed by atoms with Crippen LogP contribution in [-0.2, 0) is 16.4 Å². The van der Waals surface area contributed by atoms with E-state index in [1.807, 2.05) is 18.2 Å². The number of likely N-dealkylation sites (N-methyl/N-ethyl adjacent to an activating group) is 1. The smallest absolute Gasteiger partial charge is 0.251 e. The van der Waals surface area contributed by atoms with Gasteiger partial charge in [0.05, 0.1) is 4.90 Å². The number of carbonyl (C=O) groups is 1. The molecule has 2 aromatic rings. The second kappa shape index (κ2) is 8.55. The van der Waals surface area contributed by atoms with Gasteiger partial charge in [-0.05, 0) is 30.3 Å². The van der Waals surface area contributed by atoms with Gasteiger partial charge in [-0.3, -0.25) is 9.78 Å². The Hall–Kier alpha value is -2.51. The van der Waals surface area contributed by atoms with Gasteiger partial charge in [0.1, 0.15) is 0 Å². The first-order chi connectivity index (χ1) is 11.9. The summed E-state index contributed by atoms with van der Waals surface area (Å²) in [4.78, 5) is 16.3. The molecular formula is C18H21N3O3S. The van der Waals surface area contributed by atoms with Crippen LogP contribution in [0.4, 0.5) is 0 Å². The lowest BCUT2D eigenvalue weighted by Crippen LogP contribution is -2.29. The van der Waals surface area contributed by atoms with Crippen LogP contribution in [-0.4, -0.2) is 43.8 Å². The number of hydrogen-bond acceptors (Lipinski definition) is 4. The van der Waals surface area contributed by atoms with Crippen molar-refractivity contribution in [2.75, 3.05) is 20.1 Å². The Kier molecular flexibility index (Phi) is 6.44. The summed E-state index contributed by atoms with van der Waals surface area (Å²) in [6.07, 6.45) is 3.75. The van der Waals surface area contributed by atoms with Crippen molar-refractivity contribution in [1.82, 2.24) is 14.6 Å². The molecule has 6 nitrogen and oxygen atoms in total. The third kappa shape index (κ3) is 4.98. The molecule has 0 spiro atoms. The Morgan fingerprint density at radius 1 is 1.28 bits per heavy atom. The summed E-state index contributed by atoms with van der Waals surface area (Å²) in [6, 6.07) is 11.5. The first kappa shape index (κ1) is 18.8. The SMILES string of the molecule is C=CCNC(=O)c1cccc(S(=O)(=O)N(C)CCc2ccccn2)c1. The number of hydrogen-bond donors (Lipinski definition) is 1. The van der Waals surface area contributed by atoms with E-state index < -0.39 is 10.0 Å². The number of nitrogens with one attached hydrogen (secondary N) is 1. The average Bonchev–Trinajstić information content (AvgIpc) is 2.65. The maximum Gasteiger partial charge on any atom is 0.251 e. The monoisotopic (exact) mass is 359 g/mol. The highest BCUT2D eigenvalue weighted by molar-refractivity contribution is 7.89. The van der Waals surface area contributed by atoms with E-state index in [1.54, 1.807) is 24.4 Å². The number of amides is 1. The predicted octanol–water partition coefficient (Wildman–Crippen LogP) is 1.86. The molecule has 0 saturated heterocycles. The van der Waals surface area contributed by atoms with E-state index in [0.717, 1.165) is 5.69 Å². The number of sulfonamides is 1. The van der Waals surface area contributed by atoms with Crippen LogP contribution in [0.15, 0.2) is 66.2 Å². The molecular weight excluding hydrogens is 338 g/mol. The summed E-state index contributed by atoms with van der Waals surface area (Å²) >= 11 is 0. The van der Waals surface area contributed by atoms with Gasteiger partial charge in [-0.15, -0.1) is 6.58 Å². The van der Waals surface area contributed by atoms with Crippen molar-refractivity contribution >= 4 is 15.9 Å². The number of nitrogens with zero attached hydrogens (tertiary/aromatic N) is 2. The molecule has 0 atom stereocenters. The lowest BCUT2D eigenvalue weighted by molar-refractivity contribution is 0.0958. The number of pyridine rings is 1. The van der Waals surface area contributed by atoms with Gasteiger partial charge >= 0.3 is 0 Å². The molecule has 25 heavy (non-hydrogen) atoms. The van der Waals surface area contributed by atoms with Crippen molar-refractivity contribution in [3.8, 4) is 0 Å². The van der Waals surface area contributed by atoms with Crippen LogP contribution in [0.25, 0.3) is 0 Å². The molecule has 1 heterocycles. The summed E-state index contributed by atoms with van der Waals surface area (Å²) in [6.45, 7) is 4.15. The standard InChI is InChI=1S/C18H21N3O3S/c1-3-11-20-18(22)15-7-6-9-17(14-15)25(23,24)21(2)13-10-16-8-4-5-12-19-16/h3-9,12,14H,1,10-11,13H2,2H3,(H,20,22). The molecule has 1 aromatic carbocycles. The van der Waals surface area contributed by atoms with E-state index in [1.165, 1.54) is 23.5 Å². The van der Waals surface area contributed by atoms with Crippen molar-refractivity contribution in [3.63, 3.8) is 0 Å². The molecule has 0 bridgehead atoms. The Labute approximate surface area is 148 Å². The molecule has 132 valence electrons. The third-order valence-corrected chi connectivity index (χ3v) is 5.47. The highest BCUT2D eigenvalue weighted by Gasteiger charge is 2.21. The highest BCUT2D eigenvalue weighted by atomic mass is 32.2. The van der Waals surface area contributed by atoms with E-state index in [4.69, 9.17) is 0 Å². The van der Waals surface area contributed by atoms with Crippen molar-refractivity contribution in [2.45, 2.75) is 11.3 Å². The molecule has 0 aliphatic rings. The fourth-order valence-corrected chi connectivity index (χ4v) is 3.40. The minimum Gasteiger partial charge on any atom is -0.349 e. The maximum atomic E-state index is 12.7. The van der Waals surface area contributed by atoms with E-state index in [9.17, 15) is 13.2 Å². The van der Waals surface area contributed by atoms with Crippen LogP contribution < -0.4 is 5.32 Å². The minimum atomic E-state index is -3.68. The topological polar surface area (TPSA) is 79.4 Å². The van der Waals surface area contributed by atoms with Crippen molar-refractivity contribution in [3.05, 3.63) is 72.6 Å². The van der Waals surface area contributed by atoms with E-state index >= 15 is 0 Å². The molecule has 0 fully saturated rings. The zero-order valence-corrected chi connectivity index (χ0v) is 14.9. The molecule has 2 rings (SSSR count). The fourth-order valence-electron chi connectivity index (χ4n) is 2.18. The molecule has 0 unspecified atom stereocenters. The quantitative estimate of drug-likeness (QED) is 0.730. The van der Waals surface area contributed by atoms with Gasteiger partial charge < -0.3 is 5.32 Å². The number of rotatable bonds is 8. The zero-order chi connectivity index (χ0) is 18.3.